The maximum absolute atomic E-state index is 9.56. The van der Waals surface area contributed by atoms with Gasteiger partial charge in [-0.05, 0) is 18.2 Å². The van der Waals surface area contributed by atoms with Crippen molar-refractivity contribution in [2.75, 3.05) is 18.5 Å². The van der Waals surface area contributed by atoms with Crippen molar-refractivity contribution >= 4 is 17.3 Å². The summed E-state index contributed by atoms with van der Waals surface area (Å²) in [4.78, 5) is 0. The van der Waals surface area contributed by atoms with E-state index >= 15 is 0 Å². The number of nitrogens with zero attached hydrogens (tertiary/aromatic N) is 1. The van der Waals surface area contributed by atoms with Crippen molar-refractivity contribution < 1.29 is 9.84 Å². The number of halogens is 1. The molecule has 16 heavy (non-hydrogen) atoms. The van der Waals surface area contributed by atoms with Crippen LogP contribution in [0.1, 0.15) is 5.56 Å². The summed E-state index contributed by atoms with van der Waals surface area (Å²) in [6.07, 6.45) is -0.522. The minimum atomic E-state index is -0.522. The van der Waals surface area contributed by atoms with Crippen molar-refractivity contribution in [3.05, 3.63) is 28.8 Å². The van der Waals surface area contributed by atoms with Crippen LogP contribution in [0.3, 0.4) is 0 Å². The molecule has 4 nitrogen and oxygen atoms in total. The van der Waals surface area contributed by atoms with Crippen LogP contribution in [0.25, 0.3) is 0 Å². The summed E-state index contributed by atoms with van der Waals surface area (Å²) >= 11 is 6.00. The van der Waals surface area contributed by atoms with E-state index in [1.54, 1.807) is 18.2 Å². The molecule has 0 saturated carbocycles. The summed E-state index contributed by atoms with van der Waals surface area (Å²) in [5.41, 5.74) is 1.22. The number of aliphatic hydroxyl groups is 1. The largest absolute Gasteiger partial charge is 0.388 e. The van der Waals surface area contributed by atoms with Crippen molar-refractivity contribution in [3.8, 4) is 6.07 Å². The molecular weight excluding hydrogens is 228 g/mol. The molecule has 5 heteroatoms. The third-order valence-electron chi connectivity index (χ3n) is 2.49. The highest BCUT2D eigenvalue weighted by Gasteiger charge is 2.26. The summed E-state index contributed by atoms with van der Waals surface area (Å²) in [5.74, 6) is 0. The fraction of sp³-hybridized carbons (Fsp3) is 0.364. The summed E-state index contributed by atoms with van der Waals surface area (Å²) in [7, 11) is 0. The molecule has 2 unspecified atom stereocenters. The number of hydrogen-bond donors (Lipinski definition) is 2. The highest BCUT2D eigenvalue weighted by Crippen LogP contribution is 2.24. The third kappa shape index (κ3) is 2.27. The third-order valence-corrected chi connectivity index (χ3v) is 2.80. The lowest BCUT2D eigenvalue weighted by Crippen LogP contribution is -2.31. The average molecular weight is 239 g/mol. The highest BCUT2D eigenvalue weighted by molar-refractivity contribution is 6.33. The zero-order valence-electron chi connectivity index (χ0n) is 8.48. The van der Waals surface area contributed by atoms with Crippen LogP contribution in [0.15, 0.2) is 18.2 Å². The van der Waals surface area contributed by atoms with E-state index in [0.717, 1.165) is 0 Å². The molecule has 1 heterocycles. The van der Waals surface area contributed by atoms with Gasteiger partial charge in [0.05, 0.1) is 47.7 Å². The van der Waals surface area contributed by atoms with Gasteiger partial charge in [-0.2, -0.15) is 5.26 Å². The molecular formula is C11H11ClN2O2. The van der Waals surface area contributed by atoms with Crippen molar-refractivity contribution in [2.24, 2.45) is 0 Å². The van der Waals surface area contributed by atoms with E-state index in [1.165, 1.54) is 0 Å². The van der Waals surface area contributed by atoms with Gasteiger partial charge in [0.25, 0.3) is 0 Å². The molecule has 2 rings (SSSR count). The first kappa shape index (κ1) is 11.2. The Labute approximate surface area is 98.4 Å². The second-order valence-electron chi connectivity index (χ2n) is 3.66. The normalized spacial score (nSPS) is 24.1. The maximum Gasteiger partial charge on any atom is 0.0996 e. The van der Waals surface area contributed by atoms with Crippen LogP contribution in [0.5, 0.6) is 0 Å². The Bertz CT molecular complexity index is 430. The number of benzene rings is 1. The first-order chi connectivity index (χ1) is 7.70. The molecule has 2 atom stereocenters. The van der Waals surface area contributed by atoms with Crippen LogP contribution < -0.4 is 5.32 Å². The Morgan fingerprint density at radius 3 is 2.88 bits per heavy atom. The van der Waals surface area contributed by atoms with Gasteiger partial charge >= 0.3 is 0 Å². The maximum atomic E-state index is 9.56. The number of hydrogen-bond acceptors (Lipinski definition) is 4. The average Bonchev–Trinajstić information content (AvgIpc) is 2.67. The molecule has 2 N–H and O–H groups in total. The van der Waals surface area contributed by atoms with Crippen LogP contribution >= 0.6 is 11.6 Å². The standard InChI is InChI=1S/C11H11ClN2O2/c12-8-3-7(4-13)1-2-9(8)14-10-5-16-6-11(10)15/h1-3,10-11,14-15H,5-6H2. The Kier molecular flexibility index (Phi) is 3.30. The monoisotopic (exact) mass is 238 g/mol. The second kappa shape index (κ2) is 4.71. The molecule has 0 aliphatic carbocycles. The smallest absolute Gasteiger partial charge is 0.0996 e. The molecule has 1 aromatic carbocycles. The summed E-state index contributed by atoms with van der Waals surface area (Å²) in [6.45, 7) is 0.795. The van der Waals surface area contributed by atoms with Crippen LogP contribution in [0.4, 0.5) is 5.69 Å². The molecule has 0 aromatic heterocycles. The molecule has 1 aliphatic heterocycles. The lowest BCUT2D eigenvalue weighted by atomic mass is 10.1. The van der Waals surface area contributed by atoms with E-state index < -0.39 is 6.10 Å². The second-order valence-corrected chi connectivity index (χ2v) is 4.07. The van der Waals surface area contributed by atoms with E-state index in [4.69, 9.17) is 21.6 Å². The first-order valence-electron chi connectivity index (χ1n) is 4.92. The molecule has 1 aromatic rings. The topological polar surface area (TPSA) is 65.3 Å². The van der Waals surface area contributed by atoms with Gasteiger partial charge in [-0.1, -0.05) is 11.6 Å². The molecule has 0 bridgehead atoms. The van der Waals surface area contributed by atoms with Crippen LogP contribution in [0.2, 0.25) is 5.02 Å². The van der Waals surface area contributed by atoms with E-state index in [9.17, 15) is 5.11 Å². The van der Waals surface area contributed by atoms with Gasteiger partial charge < -0.3 is 15.2 Å². The molecule has 0 spiro atoms. The number of nitriles is 1. The molecule has 1 saturated heterocycles. The Morgan fingerprint density at radius 2 is 2.31 bits per heavy atom. The van der Waals surface area contributed by atoms with Crippen LogP contribution in [-0.4, -0.2) is 30.5 Å². The van der Waals surface area contributed by atoms with E-state index in [1.807, 2.05) is 6.07 Å². The minimum absolute atomic E-state index is 0.148. The number of anilines is 1. The van der Waals surface area contributed by atoms with E-state index in [0.29, 0.717) is 29.5 Å². The van der Waals surface area contributed by atoms with Crippen molar-refractivity contribution in [3.63, 3.8) is 0 Å². The minimum Gasteiger partial charge on any atom is -0.388 e. The summed E-state index contributed by atoms with van der Waals surface area (Å²) in [6, 6.07) is 6.86. The van der Waals surface area contributed by atoms with E-state index in [2.05, 4.69) is 5.32 Å². The van der Waals surface area contributed by atoms with Crippen LogP contribution in [0, 0.1) is 11.3 Å². The van der Waals surface area contributed by atoms with Gasteiger partial charge in [-0.25, -0.2) is 0 Å². The molecule has 0 radical (unpaired) electrons. The lowest BCUT2D eigenvalue weighted by molar-refractivity contribution is 0.125. The number of nitrogens with one attached hydrogen (secondary N) is 1. The van der Waals surface area contributed by atoms with Crippen molar-refractivity contribution in [1.82, 2.24) is 0 Å². The van der Waals surface area contributed by atoms with Gasteiger partial charge in [0.1, 0.15) is 0 Å². The van der Waals surface area contributed by atoms with Gasteiger partial charge in [0.2, 0.25) is 0 Å². The summed E-state index contributed by atoms with van der Waals surface area (Å²) < 4.78 is 5.12. The van der Waals surface area contributed by atoms with E-state index in [-0.39, 0.29) is 6.04 Å². The fourth-order valence-corrected chi connectivity index (χ4v) is 1.82. The number of aliphatic hydroxyl groups excluding tert-OH is 1. The lowest BCUT2D eigenvalue weighted by Gasteiger charge is -2.16. The molecule has 84 valence electrons. The predicted octanol–water partition coefficient (Wildman–Crippen LogP) is 1.38. The Morgan fingerprint density at radius 1 is 1.50 bits per heavy atom. The number of ether oxygens (including phenoxy) is 1. The van der Waals surface area contributed by atoms with Crippen molar-refractivity contribution in [2.45, 2.75) is 12.1 Å². The zero-order chi connectivity index (χ0) is 11.5. The summed E-state index contributed by atoms with van der Waals surface area (Å²) in [5, 5.41) is 21.8. The molecule has 1 aliphatic rings. The van der Waals surface area contributed by atoms with Gasteiger partial charge in [-0.3, -0.25) is 0 Å². The Balaban J connectivity index is 2.13. The van der Waals surface area contributed by atoms with Crippen LogP contribution in [-0.2, 0) is 4.74 Å². The zero-order valence-corrected chi connectivity index (χ0v) is 9.24. The van der Waals surface area contributed by atoms with Crippen molar-refractivity contribution in [1.29, 1.82) is 5.26 Å². The van der Waals surface area contributed by atoms with Gasteiger partial charge in [0.15, 0.2) is 0 Å². The predicted molar refractivity (Wildman–Crippen MR) is 60.4 cm³/mol. The SMILES string of the molecule is N#Cc1ccc(NC2COCC2O)c(Cl)c1. The number of rotatable bonds is 2. The quantitative estimate of drug-likeness (QED) is 0.817. The molecule has 1 fully saturated rings. The first-order valence-corrected chi connectivity index (χ1v) is 5.30. The van der Waals surface area contributed by atoms with Gasteiger partial charge in [-0.15, -0.1) is 0 Å². The van der Waals surface area contributed by atoms with Gasteiger partial charge in [0, 0.05) is 0 Å². The fourth-order valence-electron chi connectivity index (χ4n) is 1.58. The molecule has 0 amide bonds. The Hall–Kier alpha value is -1.28. The highest BCUT2D eigenvalue weighted by atomic mass is 35.5.